The lowest BCUT2D eigenvalue weighted by atomic mass is 10.0. The summed E-state index contributed by atoms with van der Waals surface area (Å²) in [7, 11) is 0. The highest BCUT2D eigenvalue weighted by molar-refractivity contribution is 5.64. The molecule has 0 amide bonds. The van der Waals surface area contributed by atoms with Crippen molar-refractivity contribution in [1.29, 1.82) is 0 Å². The molecule has 0 unspecified atom stereocenters. The summed E-state index contributed by atoms with van der Waals surface area (Å²) in [4.78, 5) is 0. The number of halogens is 3. The van der Waals surface area contributed by atoms with Gasteiger partial charge in [0, 0.05) is 6.61 Å². The zero-order valence-electron chi connectivity index (χ0n) is 11.1. The number of alkyl halides is 3. The van der Waals surface area contributed by atoms with Gasteiger partial charge in [0.1, 0.15) is 0 Å². The van der Waals surface area contributed by atoms with Crippen LogP contribution >= 0.6 is 0 Å². The molecule has 0 bridgehead atoms. The van der Waals surface area contributed by atoms with E-state index in [1.807, 2.05) is 31.2 Å². The molecule has 0 fully saturated rings. The van der Waals surface area contributed by atoms with Gasteiger partial charge in [0.25, 0.3) is 0 Å². The van der Waals surface area contributed by atoms with Gasteiger partial charge < -0.3 is 4.74 Å². The van der Waals surface area contributed by atoms with Crippen molar-refractivity contribution in [2.45, 2.75) is 19.7 Å². The van der Waals surface area contributed by atoms with Crippen molar-refractivity contribution in [2.75, 3.05) is 6.61 Å². The fourth-order valence-electron chi connectivity index (χ4n) is 1.86. The Bertz CT molecular complexity index is 541. The maximum absolute atomic E-state index is 12.5. The first-order valence-corrected chi connectivity index (χ1v) is 6.35. The standard InChI is InChI=1S/C16H15F3O/c1-2-20-11-12-3-5-13(6-4-12)14-7-9-15(10-8-14)16(17,18)19/h3-10H,2,11H2,1H3. The van der Waals surface area contributed by atoms with Crippen molar-refractivity contribution in [1.82, 2.24) is 0 Å². The molecule has 0 aliphatic heterocycles. The first-order valence-electron chi connectivity index (χ1n) is 6.35. The third-order valence-electron chi connectivity index (χ3n) is 2.97. The van der Waals surface area contributed by atoms with Crippen LogP contribution in [-0.4, -0.2) is 6.61 Å². The van der Waals surface area contributed by atoms with Crippen molar-refractivity contribution < 1.29 is 17.9 Å². The summed E-state index contributed by atoms with van der Waals surface area (Å²) < 4.78 is 42.7. The molecule has 0 aliphatic rings. The van der Waals surface area contributed by atoms with Gasteiger partial charge in [-0.05, 0) is 35.7 Å². The van der Waals surface area contributed by atoms with E-state index in [0.717, 1.165) is 28.8 Å². The second-order valence-corrected chi connectivity index (χ2v) is 4.41. The quantitative estimate of drug-likeness (QED) is 0.773. The fourth-order valence-corrected chi connectivity index (χ4v) is 1.86. The Morgan fingerprint density at radius 2 is 1.35 bits per heavy atom. The Balaban J connectivity index is 2.15. The second-order valence-electron chi connectivity index (χ2n) is 4.41. The van der Waals surface area contributed by atoms with Crippen LogP contribution in [0.4, 0.5) is 13.2 Å². The minimum atomic E-state index is -4.29. The molecule has 0 saturated heterocycles. The zero-order chi connectivity index (χ0) is 14.6. The summed E-state index contributed by atoms with van der Waals surface area (Å²) in [5.41, 5.74) is 2.07. The first-order chi connectivity index (χ1) is 9.50. The number of benzene rings is 2. The molecule has 0 aliphatic carbocycles. The predicted molar refractivity (Wildman–Crippen MR) is 72.2 cm³/mol. The topological polar surface area (TPSA) is 9.23 Å². The molecule has 2 rings (SSSR count). The molecule has 2 aromatic rings. The van der Waals surface area contributed by atoms with Crippen molar-refractivity contribution >= 4 is 0 Å². The van der Waals surface area contributed by atoms with Gasteiger partial charge in [-0.25, -0.2) is 0 Å². The molecule has 0 radical (unpaired) electrons. The molecule has 4 heteroatoms. The molecule has 0 aromatic heterocycles. The lowest BCUT2D eigenvalue weighted by Gasteiger charge is -2.08. The predicted octanol–water partition coefficient (Wildman–Crippen LogP) is 4.91. The Morgan fingerprint density at radius 1 is 0.850 bits per heavy atom. The van der Waals surface area contributed by atoms with Crippen LogP contribution in [0.25, 0.3) is 11.1 Å². The van der Waals surface area contributed by atoms with Crippen LogP contribution in [0.5, 0.6) is 0 Å². The summed E-state index contributed by atoms with van der Waals surface area (Å²) in [6, 6.07) is 12.8. The van der Waals surface area contributed by atoms with E-state index < -0.39 is 11.7 Å². The van der Waals surface area contributed by atoms with Gasteiger partial charge in [0.2, 0.25) is 0 Å². The van der Waals surface area contributed by atoms with E-state index in [1.54, 1.807) is 0 Å². The second kappa shape index (κ2) is 6.09. The lowest BCUT2D eigenvalue weighted by Crippen LogP contribution is -2.03. The summed E-state index contributed by atoms with van der Waals surface area (Å²) in [5.74, 6) is 0. The largest absolute Gasteiger partial charge is 0.416 e. The van der Waals surface area contributed by atoms with E-state index >= 15 is 0 Å². The normalized spacial score (nSPS) is 11.6. The van der Waals surface area contributed by atoms with Crippen LogP contribution in [0, 0.1) is 0 Å². The van der Waals surface area contributed by atoms with E-state index in [2.05, 4.69) is 0 Å². The number of rotatable bonds is 4. The van der Waals surface area contributed by atoms with E-state index in [9.17, 15) is 13.2 Å². The van der Waals surface area contributed by atoms with Crippen molar-refractivity contribution in [2.24, 2.45) is 0 Å². The van der Waals surface area contributed by atoms with Crippen LogP contribution in [0.3, 0.4) is 0 Å². The summed E-state index contributed by atoms with van der Waals surface area (Å²) in [5, 5.41) is 0. The average molecular weight is 280 g/mol. The maximum atomic E-state index is 12.5. The SMILES string of the molecule is CCOCc1ccc(-c2ccc(C(F)(F)F)cc2)cc1. The van der Waals surface area contributed by atoms with Crippen LogP contribution in [0.1, 0.15) is 18.1 Å². The van der Waals surface area contributed by atoms with E-state index in [0.29, 0.717) is 13.2 Å². The highest BCUT2D eigenvalue weighted by Crippen LogP contribution is 2.31. The van der Waals surface area contributed by atoms with E-state index in [4.69, 9.17) is 4.74 Å². The van der Waals surface area contributed by atoms with Gasteiger partial charge in [0.05, 0.1) is 12.2 Å². The van der Waals surface area contributed by atoms with Crippen LogP contribution in [0.2, 0.25) is 0 Å². The van der Waals surface area contributed by atoms with Crippen LogP contribution in [0.15, 0.2) is 48.5 Å². The molecule has 0 saturated carbocycles. The molecule has 0 spiro atoms. The van der Waals surface area contributed by atoms with Crippen molar-refractivity contribution in [3.63, 3.8) is 0 Å². The molecule has 106 valence electrons. The first kappa shape index (κ1) is 14.6. The van der Waals surface area contributed by atoms with Crippen LogP contribution < -0.4 is 0 Å². The molecular formula is C16H15F3O. The van der Waals surface area contributed by atoms with Gasteiger partial charge in [-0.1, -0.05) is 36.4 Å². The molecule has 20 heavy (non-hydrogen) atoms. The summed E-state index contributed by atoms with van der Waals surface area (Å²) in [6.45, 7) is 3.13. The molecule has 0 N–H and O–H groups in total. The monoisotopic (exact) mass is 280 g/mol. The molecular weight excluding hydrogens is 265 g/mol. The van der Waals surface area contributed by atoms with Gasteiger partial charge in [-0.15, -0.1) is 0 Å². The van der Waals surface area contributed by atoms with E-state index in [-0.39, 0.29) is 0 Å². The zero-order valence-corrected chi connectivity index (χ0v) is 11.1. The third-order valence-corrected chi connectivity index (χ3v) is 2.97. The fraction of sp³-hybridized carbons (Fsp3) is 0.250. The lowest BCUT2D eigenvalue weighted by molar-refractivity contribution is -0.137. The molecule has 0 atom stereocenters. The maximum Gasteiger partial charge on any atom is 0.416 e. The Morgan fingerprint density at radius 3 is 1.80 bits per heavy atom. The number of hydrogen-bond acceptors (Lipinski definition) is 1. The molecule has 0 heterocycles. The van der Waals surface area contributed by atoms with Crippen LogP contribution in [-0.2, 0) is 17.5 Å². The third kappa shape index (κ3) is 3.61. The Labute approximate surface area is 116 Å². The minimum Gasteiger partial charge on any atom is -0.377 e. The highest BCUT2D eigenvalue weighted by atomic mass is 19.4. The molecule has 1 nitrogen and oxygen atoms in total. The number of hydrogen-bond donors (Lipinski definition) is 0. The summed E-state index contributed by atoms with van der Waals surface area (Å²) in [6.07, 6.45) is -4.29. The van der Waals surface area contributed by atoms with Gasteiger partial charge in [-0.2, -0.15) is 13.2 Å². The Hall–Kier alpha value is -1.81. The van der Waals surface area contributed by atoms with E-state index in [1.165, 1.54) is 12.1 Å². The smallest absolute Gasteiger partial charge is 0.377 e. The highest BCUT2D eigenvalue weighted by Gasteiger charge is 2.29. The van der Waals surface area contributed by atoms with Crippen molar-refractivity contribution in [3.8, 4) is 11.1 Å². The van der Waals surface area contributed by atoms with Crippen molar-refractivity contribution in [3.05, 3.63) is 59.7 Å². The Kier molecular flexibility index (Phi) is 4.45. The van der Waals surface area contributed by atoms with Gasteiger partial charge in [-0.3, -0.25) is 0 Å². The van der Waals surface area contributed by atoms with Gasteiger partial charge >= 0.3 is 6.18 Å². The number of ether oxygens (including phenoxy) is 1. The minimum absolute atomic E-state index is 0.545. The molecule has 2 aromatic carbocycles. The summed E-state index contributed by atoms with van der Waals surface area (Å²) >= 11 is 0. The van der Waals surface area contributed by atoms with Gasteiger partial charge in [0.15, 0.2) is 0 Å². The average Bonchev–Trinajstić information content (AvgIpc) is 2.45.